The van der Waals surface area contributed by atoms with E-state index < -0.39 is 0 Å². The molecule has 0 unspecified atom stereocenters. The predicted molar refractivity (Wildman–Crippen MR) is 95.7 cm³/mol. The van der Waals surface area contributed by atoms with E-state index in [1.807, 2.05) is 38.1 Å². The lowest BCUT2D eigenvalue weighted by Crippen LogP contribution is -2.12. The Morgan fingerprint density at radius 3 is 2.78 bits per heavy atom. The van der Waals surface area contributed by atoms with Crippen LogP contribution in [0.2, 0.25) is 0 Å². The van der Waals surface area contributed by atoms with Gasteiger partial charge >= 0.3 is 5.97 Å². The van der Waals surface area contributed by atoms with Crippen molar-refractivity contribution < 1.29 is 9.53 Å². The number of carbonyl (C=O) groups is 1. The van der Waals surface area contributed by atoms with Crippen molar-refractivity contribution in [3.8, 4) is 0 Å². The normalized spacial score (nSPS) is 11.1. The van der Waals surface area contributed by atoms with Crippen LogP contribution in [0.4, 0.5) is 0 Å². The molecule has 0 spiro atoms. The highest BCUT2D eigenvalue weighted by molar-refractivity contribution is 9.10. The first kappa shape index (κ1) is 15.8. The lowest BCUT2D eigenvalue weighted by molar-refractivity contribution is 0.0378. The Morgan fingerprint density at radius 2 is 2.00 bits per heavy atom. The maximum atomic E-state index is 12.0. The summed E-state index contributed by atoms with van der Waals surface area (Å²) in [4.78, 5) is 12.0. The Morgan fingerprint density at radius 1 is 1.17 bits per heavy atom. The summed E-state index contributed by atoms with van der Waals surface area (Å²) in [5, 5.41) is 1.19. The van der Waals surface area contributed by atoms with Gasteiger partial charge in [0.15, 0.2) is 0 Å². The minimum atomic E-state index is -0.275. The number of nitrogens with zero attached hydrogens (tertiary/aromatic N) is 1. The van der Waals surface area contributed by atoms with Crippen LogP contribution in [0.1, 0.15) is 29.8 Å². The van der Waals surface area contributed by atoms with Gasteiger partial charge in [0.2, 0.25) is 0 Å². The number of hydrogen-bond donors (Lipinski definition) is 0. The highest BCUT2D eigenvalue weighted by Gasteiger charge is 2.10. The molecular weight excluding hydrogens is 354 g/mol. The van der Waals surface area contributed by atoms with Crippen molar-refractivity contribution in [2.24, 2.45) is 0 Å². The fraction of sp³-hybridized carbons (Fsp3) is 0.211. The topological polar surface area (TPSA) is 31.2 Å². The molecular formula is C19H18BrNO2. The van der Waals surface area contributed by atoms with E-state index in [1.165, 1.54) is 10.9 Å². The van der Waals surface area contributed by atoms with Crippen molar-refractivity contribution >= 4 is 32.8 Å². The second-order valence-electron chi connectivity index (χ2n) is 5.80. The van der Waals surface area contributed by atoms with Crippen molar-refractivity contribution in [3.63, 3.8) is 0 Å². The number of ether oxygens (including phenoxy) is 1. The molecule has 0 amide bonds. The van der Waals surface area contributed by atoms with Crippen LogP contribution in [0.5, 0.6) is 0 Å². The van der Waals surface area contributed by atoms with Gasteiger partial charge in [-0.25, -0.2) is 4.79 Å². The van der Waals surface area contributed by atoms with E-state index in [2.05, 4.69) is 44.9 Å². The van der Waals surface area contributed by atoms with Gasteiger partial charge in [-0.2, -0.15) is 0 Å². The van der Waals surface area contributed by atoms with E-state index in [0.717, 1.165) is 10.0 Å². The molecule has 0 saturated carbocycles. The quantitative estimate of drug-likeness (QED) is 0.603. The molecule has 3 aromatic rings. The van der Waals surface area contributed by atoms with Crippen LogP contribution in [0.15, 0.2) is 59.2 Å². The molecule has 2 aromatic carbocycles. The molecule has 23 heavy (non-hydrogen) atoms. The minimum absolute atomic E-state index is 0.113. The SMILES string of the molecule is CC(C)OC(=O)c1cccc(Cn2ccc3cc(Br)ccc32)c1. The van der Waals surface area contributed by atoms with Gasteiger partial charge in [-0.15, -0.1) is 0 Å². The molecule has 0 atom stereocenters. The third kappa shape index (κ3) is 3.64. The molecule has 0 N–H and O–H groups in total. The molecule has 4 heteroatoms. The maximum absolute atomic E-state index is 12.0. The second-order valence-corrected chi connectivity index (χ2v) is 6.72. The monoisotopic (exact) mass is 371 g/mol. The van der Waals surface area contributed by atoms with E-state index >= 15 is 0 Å². The Balaban J connectivity index is 1.86. The van der Waals surface area contributed by atoms with E-state index in [4.69, 9.17) is 4.74 Å². The Hall–Kier alpha value is -2.07. The van der Waals surface area contributed by atoms with Crippen molar-refractivity contribution in [1.29, 1.82) is 0 Å². The molecule has 0 fully saturated rings. The summed E-state index contributed by atoms with van der Waals surface area (Å²) in [6.07, 6.45) is 1.95. The van der Waals surface area contributed by atoms with Gasteiger partial charge in [0.05, 0.1) is 11.7 Å². The molecule has 3 nitrogen and oxygen atoms in total. The average Bonchev–Trinajstić information content (AvgIpc) is 2.89. The predicted octanol–water partition coefficient (Wildman–Crippen LogP) is 5.02. The minimum Gasteiger partial charge on any atom is -0.459 e. The first-order valence-electron chi connectivity index (χ1n) is 7.57. The van der Waals surface area contributed by atoms with Crippen LogP contribution in [0, 0.1) is 0 Å². The molecule has 118 valence electrons. The highest BCUT2D eigenvalue weighted by atomic mass is 79.9. The molecule has 0 bridgehead atoms. The van der Waals surface area contributed by atoms with Crippen LogP contribution in [-0.2, 0) is 11.3 Å². The number of rotatable bonds is 4. The number of hydrogen-bond acceptors (Lipinski definition) is 2. The standard InChI is InChI=1S/C19H18BrNO2/c1-13(2)23-19(22)16-5-3-4-14(10-16)12-21-9-8-15-11-17(20)6-7-18(15)21/h3-11,13H,12H2,1-2H3. The van der Waals surface area contributed by atoms with Crippen LogP contribution in [-0.4, -0.2) is 16.6 Å². The molecule has 0 radical (unpaired) electrons. The number of aromatic nitrogens is 1. The summed E-state index contributed by atoms with van der Waals surface area (Å²) in [6.45, 7) is 4.42. The number of halogens is 1. The van der Waals surface area contributed by atoms with Gasteiger partial charge in [0.1, 0.15) is 0 Å². The third-order valence-corrected chi connectivity index (χ3v) is 4.08. The van der Waals surface area contributed by atoms with E-state index in [1.54, 1.807) is 6.07 Å². The number of esters is 1. The smallest absolute Gasteiger partial charge is 0.338 e. The van der Waals surface area contributed by atoms with E-state index in [-0.39, 0.29) is 12.1 Å². The number of fused-ring (bicyclic) bond motifs is 1. The fourth-order valence-corrected chi connectivity index (χ4v) is 2.96. The molecule has 0 aliphatic heterocycles. The maximum Gasteiger partial charge on any atom is 0.338 e. The Kier molecular flexibility index (Phi) is 4.53. The second kappa shape index (κ2) is 6.59. The summed E-state index contributed by atoms with van der Waals surface area (Å²) in [5.74, 6) is -0.275. The zero-order chi connectivity index (χ0) is 16.4. The van der Waals surface area contributed by atoms with Crippen LogP contribution < -0.4 is 0 Å². The Bertz CT molecular complexity index is 851. The summed E-state index contributed by atoms with van der Waals surface area (Å²) >= 11 is 3.49. The highest BCUT2D eigenvalue weighted by Crippen LogP contribution is 2.22. The first-order valence-corrected chi connectivity index (χ1v) is 8.36. The molecule has 3 rings (SSSR count). The van der Waals surface area contributed by atoms with Crippen LogP contribution in [0.25, 0.3) is 10.9 Å². The Labute approximate surface area is 144 Å². The average molecular weight is 372 g/mol. The largest absolute Gasteiger partial charge is 0.459 e. The molecule has 0 aliphatic rings. The summed E-state index contributed by atoms with van der Waals surface area (Å²) < 4.78 is 8.50. The van der Waals surface area contributed by atoms with Gasteiger partial charge < -0.3 is 9.30 Å². The molecule has 1 aromatic heterocycles. The van der Waals surface area contributed by atoms with Crippen molar-refractivity contribution in [3.05, 3.63) is 70.3 Å². The first-order chi connectivity index (χ1) is 11.0. The van der Waals surface area contributed by atoms with Gasteiger partial charge in [-0.1, -0.05) is 28.1 Å². The van der Waals surface area contributed by atoms with Gasteiger partial charge in [0, 0.05) is 28.1 Å². The number of benzene rings is 2. The lowest BCUT2D eigenvalue weighted by Gasteiger charge is -2.10. The van der Waals surface area contributed by atoms with Gasteiger partial charge in [-0.05, 0) is 55.8 Å². The summed E-state index contributed by atoms with van der Waals surface area (Å²) in [6, 6.07) is 15.9. The zero-order valence-corrected chi connectivity index (χ0v) is 14.7. The summed E-state index contributed by atoms with van der Waals surface area (Å²) in [7, 11) is 0. The number of carbonyl (C=O) groups excluding carboxylic acids is 1. The molecule has 0 saturated heterocycles. The molecule has 0 aliphatic carbocycles. The van der Waals surface area contributed by atoms with E-state index in [9.17, 15) is 4.79 Å². The molecule has 1 heterocycles. The van der Waals surface area contributed by atoms with Gasteiger partial charge in [-0.3, -0.25) is 0 Å². The van der Waals surface area contributed by atoms with Crippen LogP contribution >= 0.6 is 15.9 Å². The third-order valence-electron chi connectivity index (χ3n) is 3.59. The van der Waals surface area contributed by atoms with Crippen LogP contribution in [0.3, 0.4) is 0 Å². The fourth-order valence-electron chi connectivity index (χ4n) is 2.58. The van der Waals surface area contributed by atoms with E-state index in [0.29, 0.717) is 12.1 Å². The zero-order valence-electron chi connectivity index (χ0n) is 13.1. The van der Waals surface area contributed by atoms with Gasteiger partial charge in [0.25, 0.3) is 0 Å². The van der Waals surface area contributed by atoms with Crippen molar-refractivity contribution in [2.45, 2.75) is 26.5 Å². The van der Waals surface area contributed by atoms with Crippen molar-refractivity contribution in [2.75, 3.05) is 0 Å². The van der Waals surface area contributed by atoms with Crippen molar-refractivity contribution in [1.82, 2.24) is 4.57 Å². The lowest BCUT2D eigenvalue weighted by atomic mass is 10.1. The summed E-state index contributed by atoms with van der Waals surface area (Å²) in [5.41, 5.74) is 2.84.